The Labute approximate surface area is 124 Å². The average Bonchev–Trinajstić information content (AvgIpc) is 2.44. The third-order valence-corrected chi connectivity index (χ3v) is 3.32. The van der Waals surface area contributed by atoms with Gasteiger partial charge in [-0.2, -0.15) is 4.98 Å². The number of benzene rings is 2. The molecule has 0 fully saturated rings. The predicted molar refractivity (Wildman–Crippen MR) is 78.3 cm³/mol. The molecule has 3 rings (SSSR count). The summed E-state index contributed by atoms with van der Waals surface area (Å²) in [6.45, 7) is 0. The molecule has 0 unspecified atom stereocenters. The molecule has 0 saturated carbocycles. The van der Waals surface area contributed by atoms with Crippen LogP contribution in [-0.2, 0) is 0 Å². The molecule has 2 N–H and O–H groups in total. The lowest BCUT2D eigenvalue weighted by Gasteiger charge is -2.08. The molecular weight excluding hydrogens is 299 g/mol. The van der Waals surface area contributed by atoms with Crippen molar-refractivity contribution in [1.29, 1.82) is 0 Å². The maximum atomic E-state index is 5.92. The summed E-state index contributed by atoms with van der Waals surface area (Å²) < 4.78 is 5.50. The first kappa shape index (κ1) is 12.9. The highest BCUT2D eigenvalue weighted by Gasteiger charge is 2.10. The van der Waals surface area contributed by atoms with E-state index < -0.39 is 0 Å². The van der Waals surface area contributed by atoms with E-state index in [0.29, 0.717) is 32.5 Å². The van der Waals surface area contributed by atoms with E-state index in [4.69, 9.17) is 33.7 Å². The number of hydrogen-bond donors (Lipinski definition) is 1. The maximum absolute atomic E-state index is 5.92. The van der Waals surface area contributed by atoms with Crippen molar-refractivity contribution < 1.29 is 4.74 Å². The van der Waals surface area contributed by atoms with Gasteiger partial charge in [0.2, 0.25) is 0 Å². The topological polar surface area (TPSA) is 73.9 Å². The molecule has 0 saturated heterocycles. The summed E-state index contributed by atoms with van der Waals surface area (Å²) in [6.07, 6.45) is 0. The molecule has 0 radical (unpaired) electrons. The summed E-state index contributed by atoms with van der Waals surface area (Å²) in [5.41, 5.74) is 7.51. The number of rotatable bonds is 2. The monoisotopic (exact) mass is 306 g/mol. The Bertz CT molecular complexity index is 794. The molecule has 2 aromatic carbocycles. The Morgan fingerprint density at radius 3 is 2.45 bits per heavy atom. The van der Waals surface area contributed by atoms with Gasteiger partial charge in [-0.1, -0.05) is 40.4 Å². The molecule has 20 heavy (non-hydrogen) atoms. The highest BCUT2D eigenvalue weighted by atomic mass is 35.5. The summed E-state index contributed by atoms with van der Waals surface area (Å²) in [4.78, 5) is 4.24. The van der Waals surface area contributed by atoms with Crippen molar-refractivity contribution in [2.45, 2.75) is 0 Å². The van der Waals surface area contributed by atoms with Crippen molar-refractivity contribution in [3.05, 3.63) is 46.4 Å². The quantitative estimate of drug-likeness (QED) is 0.731. The minimum Gasteiger partial charge on any atom is -0.421 e. The summed E-state index contributed by atoms with van der Waals surface area (Å²) >= 11 is 11.8. The Morgan fingerprint density at radius 1 is 0.950 bits per heavy atom. The largest absolute Gasteiger partial charge is 0.421 e. The van der Waals surface area contributed by atoms with E-state index in [1.54, 1.807) is 0 Å². The summed E-state index contributed by atoms with van der Waals surface area (Å²) in [6, 6.07) is 10.5. The van der Waals surface area contributed by atoms with Crippen LogP contribution in [0.1, 0.15) is 0 Å². The maximum Gasteiger partial charge on any atom is 0.341 e. The van der Waals surface area contributed by atoms with Gasteiger partial charge < -0.3 is 10.5 Å². The van der Waals surface area contributed by atoms with Gasteiger partial charge in [-0.15, -0.1) is 5.10 Å². The number of aromatic nitrogens is 3. The van der Waals surface area contributed by atoms with E-state index in [1.807, 2.05) is 24.3 Å². The van der Waals surface area contributed by atoms with Crippen LogP contribution in [0.3, 0.4) is 0 Å². The van der Waals surface area contributed by atoms with Gasteiger partial charge in [-0.25, -0.2) is 0 Å². The van der Waals surface area contributed by atoms with Crippen molar-refractivity contribution in [1.82, 2.24) is 15.2 Å². The van der Waals surface area contributed by atoms with Crippen LogP contribution < -0.4 is 10.5 Å². The van der Waals surface area contributed by atoms with Gasteiger partial charge in [0.25, 0.3) is 0 Å². The Balaban J connectivity index is 1.99. The van der Waals surface area contributed by atoms with Gasteiger partial charge in [0.15, 0.2) is 5.75 Å². The second-order valence-corrected chi connectivity index (χ2v) is 4.80. The number of ether oxygens (including phenoxy) is 1. The second kappa shape index (κ2) is 5.11. The molecule has 5 nitrogen and oxygen atoms in total. The van der Waals surface area contributed by atoms with Crippen molar-refractivity contribution in [3.8, 4) is 11.8 Å². The molecule has 7 heteroatoms. The van der Waals surface area contributed by atoms with Crippen LogP contribution in [0.15, 0.2) is 36.4 Å². The predicted octanol–water partition coefficient (Wildman–Crippen LogP) is 3.71. The third kappa shape index (κ3) is 2.45. The first-order valence-electron chi connectivity index (χ1n) is 5.65. The molecule has 0 atom stereocenters. The van der Waals surface area contributed by atoms with Crippen LogP contribution >= 0.6 is 23.2 Å². The van der Waals surface area contributed by atoms with Crippen LogP contribution in [0, 0.1) is 0 Å². The van der Waals surface area contributed by atoms with Gasteiger partial charge >= 0.3 is 6.01 Å². The minimum absolute atomic E-state index is 0.0915. The number of nitrogens with zero attached hydrogens (tertiary/aromatic N) is 3. The number of anilines is 1. The highest BCUT2D eigenvalue weighted by molar-refractivity contribution is 6.42. The van der Waals surface area contributed by atoms with Crippen molar-refractivity contribution in [2.24, 2.45) is 0 Å². The van der Waals surface area contributed by atoms with E-state index in [-0.39, 0.29) is 6.01 Å². The van der Waals surface area contributed by atoms with Gasteiger partial charge in [-0.3, -0.25) is 0 Å². The molecule has 0 aliphatic heterocycles. The van der Waals surface area contributed by atoms with Crippen LogP contribution in [0.2, 0.25) is 10.0 Å². The minimum atomic E-state index is 0.0915. The zero-order valence-electron chi connectivity index (χ0n) is 10.0. The fourth-order valence-electron chi connectivity index (χ4n) is 1.64. The molecule has 1 aromatic heterocycles. The normalized spacial score (nSPS) is 10.7. The van der Waals surface area contributed by atoms with Gasteiger partial charge in [0, 0.05) is 6.07 Å². The molecule has 0 spiro atoms. The lowest BCUT2D eigenvalue weighted by Crippen LogP contribution is -1.98. The number of nitrogen functional groups attached to an aromatic ring is 1. The first-order valence-corrected chi connectivity index (χ1v) is 6.41. The molecule has 0 aliphatic rings. The smallest absolute Gasteiger partial charge is 0.341 e. The van der Waals surface area contributed by atoms with E-state index in [1.165, 1.54) is 12.1 Å². The molecule has 0 bridgehead atoms. The molecule has 0 amide bonds. The van der Waals surface area contributed by atoms with Gasteiger partial charge in [0.05, 0.1) is 21.2 Å². The van der Waals surface area contributed by atoms with Gasteiger partial charge in [-0.05, 0) is 18.2 Å². The number of hydrogen-bond acceptors (Lipinski definition) is 5. The lowest BCUT2D eigenvalue weighted by molar-refractivity contribution is 0.439. The first-order chi connectivity index (χ1) is 9.63. The SMILES string of the molecule is Nc1cc(Cl)c(Cl)cc1Oc1nnc2ccccc2n1. The van der Waals surface area contributed by atoms with Crippen LogP contribution in [0.25, 0.3) is 11.0 Å². The van der Waals surface area contributed by atoms with E-state index in [0.717, 1.165) is 0 Å². The molecule has 3 aromatic rings. The van der Waals surface area contributed by atoms with Crippen molar-refractivity contribution in [2.75, 3.05) is 5.73 Å². The molecule has 1 heterocycles. The fraction of sp³-hybridized carbons (Fsp3) is 0. The van der Waals surface area contributed by atoms with Crippen LogP contribution in [0.5, 0.6) is 11.8 Å². The van der Waals surface area contributed by atoms with Gasteiger partial charge in [0.1, 0.15) is 5.52 Å². The number of fused-ring (bicyclic) bond motifs is 1. The summed E-state index contributed by atoms with van der Waals surface area (Å²) in [5, 5.41) is 8.58. The number of para-hydroxylation sites is 1. The summed E-state index contributed by atoms with van der Waals surface area (Å²) in [7, 11) is 0. The van der Waals surface area contributed by atoms with Crippen molar-refractivity contribution >= 4 is 39.9 Å². The summed E-state index contributed by atoms with van der Waals surface area (Å²) in [5.74, 6) is 0.330. The number of nitrogens with two attached hydrogens (primary N) is 1. The van der Waals surface area contributed by atoms with Crippen LogP contribution in [0.4, 0.5) is 5.69 Å². The Morgan fingerprint density at radius 2 is 1.65 bits per heavy atom. The zero-order chi connectivity index (χ0) is 14.1. The van der Waals surface area contributed by atoms with E-state index in [2.05, 4.69) is 15.2 Å². The fourth-order valence-corrected chi connectivity index (χ4v) is 1.97. The Kier molecular flexibility index (Phi) is 3.30. The highest BCUT2D eigenvalue weighted by Crippen LogP contribution is 2.34. The molecule has 100 valence electrons. The Hall–Kier alpha value is -2.11. The number of halogens is 2. The molecule has 0 aliphatic carbocycles. The zero-order valence-corrected chi connectivity index (χ0v) is 11.6. The molecular formula is C13H8Cl2N4O. The lowest BCUT2D eigenvalue weighted by atomic mass is 10.3. The average molecular weight is 307 g/mol. The van der Waals surface area contributed by atoms with E-state index >= 15 is 0 Å². The van der Waals surface area contributed by atoms with Crippen molar-refractivity contribution in [3.63, 3.8) is 0 Å². The van der Waals surface area contributed by atoms with Crippen LogP contribution in [-0.4, -0.2) is 15.2 Å². The second-order valence-electron chi connectivity index (χ2n) is 3.99. The van der Waals surface area contributed by atoms with E-state index in [9.17, 15) is 0 Å². The standard InChI is InChI=1S/C13H8Cl2N4O/c14-7-5-9(16)12(6-8(7)15)20-13-17-10-3-1-2-4-11(10)18-19-13/h1-6H,16H2. The third-order valence-electron chi connectivity index (χ3n) is 2.60.